The fourth-order valence-corrected chi connectivity index (χ4v) is 3.95. The number of hydrogen-bond acceptors (Lipinski definition) is 5. The normalized spacial score (nSPS) is 15.7. The van der Waals surface area contributed by atoms with Gasteiger partial charge in [0.05, 0.1) is 35.6 Å². The lowest BCUT2D eigenvalue weighted by molar-refractivity contribution is -0.139. The lowest BCUT2D eigenvalue weighted by atomic mass is 9.99. The van der Waals surface area contributed by atoms with Gasteiger partial charge in [-0.1, -0.05) is 54.6 Å². The highest BCUT2D eigenvalue weighted by Gasteiger charge is 2.32. The standard InChI is InChI=1S/C27H25F3N2O4/c28-27(29,30)19-8-4-7-18(13-19)26-31-24(16-5-2-1-3-6-16)22(25(32-26)17-9-10-17)12-11-20(33)14-21(34)15-23(35)36/h1-8,11-13,17,20-21,33-34H,9-10,14-15H2,(H,35,36)/b12-11+. The summed E-state index contributed by atoms with van der Waals surface area (Å²) in [4.78, 5) is 20.1. The van der Waals surface area contributed by atoms with Crippen LogP contribution in [0.4, 0.5) is 13.2 Å². The summed E-state index contributed by atoms with van der Waals surface area (Å²) in [6.07, 6.45) is -2.63. The van der Waals surface area contributed by atoms with E-state index >= 15 is 0 Å². The van der Waals surface area contributed by atoms with Crippen LogP contribution in [0, 0.1) is 0 Å². The van der Waals surface area contributed by atoms with Crippen molar-refractivity contribution < 1.29 is 33.3 Å². The van der Waals surface area contributed by atoms with E-state index in [1.165, 1.54) is 12.1 Å². The number of carbonyl (C=O) groups is 1. The molecule has 4 rings (SSSR count). The van der Waals surface area contributed by atoms with E-state index in [0.717, 1.165) is 30.5 Å². The van der Waals surface area contributed by atoms with E-state index in [9.17, 15) is 28.2 Å². The summed E-state index contributed by atoms with van der Waals surface area (Å²) >= 11 is 0. The number of aliphatic hydroxyl groups is 2. The Hall–Kier alpha value is -3.56. The Kier molecular flexibility index (Phi) is 7.51. The third-order valence-electron chi connectivity index (χ3n) is 5.84. The molecule has 0 radical (unpaired) electrons. The quantitative estimate of drug-likeness (QED) is 0.370. The van der Waals surface area contributed by atoms with Crippen LogP contribution >= 0.6 is 0 Å². The molecule has 0 saturated heterocycles. The summed E-state index contributed by atoms with van der Waals surface area (Å²) in [6, 6.07) is 14.0. The predicted molar refractivity (Wildman–Crippen MR) is 128 cm³/mol. The second-order valence-electron chi connectivity index (χ2n) is 8.83. The third kappa shape index (κ3) is 6.35. The molecule has 9 heteroatoms. The second kappa shape index (κ2) is 10.6. The van der Waals surface area contributed by atoms with Crippen molar-refractivity contribution in [2.24, 2.45) is 0 Å². The maximum absolute atomic E-state index is 13.3. The molecule has 2 aromatic carbocycles. The van der Waals surface area contributed by atoms with Crippen LogP contribution in [-0.4, -0.2) is 43.5 Å². The molecule has 1 heterocycles. The number of carboxylic acids is 1. The highest BCUT2D eigenvalue weighted by molar-refractivity contribution is 5.76. The van der Waals surface area contributed by atoms with Gasteiger partial charge in [-0.25, -0.2) is 9.97 Å². The summed E-state index contributed by atoms with van der Waals surface area (Å²) in [6.45, 7) is 0. The molecule has 36 heavy (non-hydrogen) atoms. The van der Waals surface area contributed by atoms with Gasteiger partial charge in [0.1, 0.15) is 0 Å². The Morgan fingerprint density at radius 2 is 1.72 bits per heavy atom. The number of benzene rings is 2. The van der Waals surface area contributed by atoms with E-state index in [2.05, 4.69) is 9.97 Å². The molecular weight excluding hydrogens is 473 g/mol. The molecule has 0 spiro atoms. The van der Waals surface area contributed by atoms with E-state index in [-0.39, 0.29) is 23.7 Å². The molecule has 0 aliphatic heterocycles. The fourth-order valence-electron chi connectivity index (χ4n) is 3.95. The van der Waals surface area contributed by atoms with Crippen molar-refractivity contribution in [2.45, 2.75) is 50.0 Å². The van der Waals surface area contributed by atoms with Crippen LogP contribution in [0.1, 0.15) is 48.4 Å². The summed E-state index contributed by atoms with van der Waals surface area (Å²) in [5, 5.41) is 29.0. The first-order chi connectivity index (χ1) is 17.1. The molecule has 1 aliphatic carbocycles. The highest BCUT2D eigenvalue weighted by atomic mass is 19.4. The van der Waals surface area contributed by atoms with Gasteiger partial charge in [0.15, 0.2) is 5.82 Å². The van der Waals surface area contributed by atoms with E-state index < -0.39 is 36.3 Å². The van der Waals surface area contributed by atoms with Gasteiger partial charge in [0.2, 0.25) is 0 Å². The second-order valence-corrected chi connectivity index (χ2v) is 8.83. The van der Waals surface area contributed by atoms with Crippen LogP contribution in [0.25, 0.3) is 28.7 Å². The van der Waals surface area contributed by atoms with Crippen molar-refractivity contribution >= 4 is 12.0 Å². The molecular formula is C27H25F3N2O4. The third-order valence-corrected chi connectivity index (χ3v) is 5.84. The SMILES string of the molecule is O=C(O)CC(O)CC(O)/C=C/c1c(-c2ccccc2)nc(-c2cccc(C(F)(F)F)c2)nc1C1CC1. The molecule has 3 aromatic rings. The molecule has 1 aromatic heterocycles. The van der Waals surface area contributed by atoms with Crippen molar-refractivity contribution in [3.63, 3.8) is 0 Å². The minimum atomic E-state index is -4.50. The van der Waals surface area contributed by atoms with E-state index in [1.54, 1.807) is 12.1 Å². The first-order valence-corrected chi connectivity index (χ1v) is 11.5. The number of hydrogen-bond donors (Lipinski definition) is 3. The van der Waals surface area contributed by atoms with Gasteiger partial charge < -0.3 is 15.3 Å². The van der Waals surface area contributed by atoms with Gasteiger partial charge in [-0.3, -0.25) is 4.79 Å². The number of alkyl halides is 3. The van der Waals surface area contributed by atoms with Crippen molar-refractivity contribution in [2.75, 3.05) is 0 Å². The molecule has 1 aliphatic rings. The Bertz CT molecular complexity index is 1260. The summed E-state index contributed by atoms with van der Waals surface area (Å²) in [5.74, 6) is -0.884. The smallest absolute Gasteiger partial charge is 0.416 e. The van der Waals surface area contributed by atoms with Crippen molar-refractivity contribution in [1.29, 1.82) is 0 Å². The number of halogens is 3. The van der Waals surface area contributed by atoms with Crippen LogP contribution in [0.5, 0.6) is 0 Å². The lowest BCUT2D eigenvalue weighted by Gasteiger charge is -2.15. The zero-order chi connectivity index (χ0) is 25.9. The van der Waals surface area contributed by atoms with Crippen molar-refractivity contribution in [1.82, 2.24) is 9.97 Å². The molecule has 0 amide bonds. The number of aromatic nitrogens is 2. The van der Waals surface area contributed by atoms with Crippen molar-refractivity contribution in [3.05, 3.63) is 77.5 Å². The Morgan fingerprint density at radius 3 is 2.36 bits per heavy atom. The Balaban J connectivity index is 1.78. The topological polar surface area (TPSA) is 104 Å². The zero-order valence-corrected chi connectivity index (χ0v) is 19.2. The highest BCUT2D eigenvalue weighted by Crippen LogP contribution is 2.44. The minimum Gasteiger partial charge on any atom is -0.481 e. The van der Waals surface area contributed by atoms with E-state index in [0.29, 0.717) is 17.0 Å². The number of aliphatic hydroxyl groups excluding tert-OH is 2. The van der Waals surface area contributed by atoms with Crippen molar-refractivity contribution in [3.8, 4) is 22.6 Å². The van der Waals surface area contributed by atoms with Crippen LogP contribution in [0.3, 0.4) is 0 Å². The largest absolute Gasteiger partial charge is 0.481 e. The average molecular weight is 499 g/mol. The number of nitrogens with zero attached hydrogens (tertiary/aromatic N) is 2. The van der Waals surface area contributed by atoms with Crippen LogP contribution < -0.4 is 0 Å². The average Bonchev–Trinajstić information content (AvgIpc) is 3.67. The van der Waals surface area contributed by atoms with Crippen LogP contribution in [-0.2, 0) is 11.0 Å². The lowest BCUT2D eigenvalue weighted by Crippen LogP contribution is -2.19. The fraction of sp³-hybridized carbons (Fsp3) is 0.296. The number of aliphatic carboxylic acids is 1. The molecule has 3 N–H and O–H groups in total. The first kappa shape index (κ1) is 25.5. The van der Waals surface area contributed by atoms with Crippen LogP contribution in [0.2, 0.25) is 0 Å². The molecule has 1 saturated carbocycles. The molecule has 6 nitrogen and oxygen atoms in total. The monoisotopic (exact) mass is 498 g/mol. The molecule has 2 atom stereocenters. The maximum atomic E-state index is 13.3. The van der Waals surface area contributed by atoms with Gasteiger partial charge in [-0.2, -0.15) is 13.2 Å². The van der Waals surface area contributed by atoms with Gasteiger partial charge in [0, 0.05) is 29.0 Å². The van der Waals surface area contributed by atoms with Gasteiger partial charge in [-0.15, -0.1) is 0 Å². The maximum Gasteiger partial charge on any atom is 0.416 e. The molecule has 188 valence electrons. The molecule has 1 fully saturated rings. The Labute approximate surface area is 205 Å². The van der Waals surface area contributed by atoms with E-state index in [1.807, 2.05) is 30.3 Å². The van der Waals surface area contributed by atoms with Gasteiger partial charge >= 0.3 is 12.1 Å². The number of rotatable bonds is 9. The van der Waals surface area contributed by atoms with Gasteiger partial charge in [-0.05, 0) is 25.0 Å². The predicted octanol–water partition coefficient (Wildman–Crippen LogP) is 5.31. The molecule has 2 unspecified atom stereocenters. The van der Waals surface area contributed by atoms with Crippen LogP contribution in [0.15, 0.2) is 60.7 Å². The summed E-state index contributed by atoms with van der Waals surface area (Å²) in [7, 11) is 0. The summed E-state index contributed by atoms with van der Waals surface area (Å²) in [5.41, 5.74) is 2.00. The minimum absolute atomic E-state index is 0.106. The summed E-state index contributed by atoms with van der Waals surface area (Å²) < 4.78 is 40.0. The molecule has 0 bridgehead atoms. The van der Waals surface area contributed by atoms with E-state index in [4.69, 9.17) is 5.11 Å². The first-order valence-electron chi connectivity index (χ1n) is 11.5. The Morgan fingerprint density at radius 1 is 1.03 bits per heavy atom. The number of carboxylic acid groups (broad SMARTS) is 1. The zero-order valence-electron chi connectivity index (χ0n) is 19.2. The van der Waals surface area contributed by atoms with Gasteiger partial charge in [0.25, 0.3) is 0 Å².